The Balaban J connectivity index is 2.86. The molecule has 1 rings (SSSR count). The summed E-state index contributed by atoms with van der Waals surface area (Å²) in [6.07, 6.45) is 0. The molecule has 21 heavy (non-hydrogen) atoms. The number of ether oxygens (including phenoxy) is 3. The fourth-order valence-corrected chi connectivity index (χ4v) is 1.80. The van der Waals surface area contributed by atoms with Crippen molar-refractivity contribution in [1.82, 2.24) is 5.32 Å². The molecule has 6 nitrogen and oxygen atoms in total. The van der Waals surface area contributed by atoms with Gasteiger partial charge in [-0.3, -0.25) is 4.79 Å². The second kappa shape index (κ2) is 9.20. The van der Waals surface area contributed by atoms with E-state index in [9.17, 15) is 4.79 Å². The first-order valence-corrected chi connectivity index (χ1v) is 6.96. The summed E-state index contributed by atoms with van der Waals surface area (Å²) in [5.41, 5.74) is 0.441. The Bertz CT molecular complexity index is 450. The van der Waals surface area contributed by atoms with Gasteiger partial charge in [0.05, 0.1) is 32.5 Å². The van der Waals surface area contributed by atoms with Gasteiger partial charge in [0.15, 0.2) is 11.5 Å². The van der Waals surface area contributed by atoms with Crippen LogP contribution in [0, 0.1) is 0 Å². The fraction of sp³-hybridized carbons (Fsp3) is 0.533. The van der Waals surface area contributed by atoms with E-state index in [1.807, 2.05) is 13.8 Å². The Morgan fingerprint density at radius 2 is 1.90 bits per heavy atom. The summed E-state index contributed by atoms with van der Waals surface area (Å²) in [6.45, 7) is 4.81. The van der Waals surface area contributed by atoms with Gasteiger partial charge in [0, 0.05) is 12.7 Å². The number of aliphatic hydroxyl groups is 1. The van der Waals surface area contributed by atoms with Crippen molar-refractivity contribution >= 4 is 5.91 Å². The lowest BCUT2D eigenvalue weighted by atomic mass is 10.1. The highest BCUT2D eigenvalue weighted by Crippen LogP contribution is 2.28. The molecule has 0 aliphatic heterocycles. The quantitative estimate of drug-likeness (QED) is 0.716. The van der Waals surface area contributed by atoms with E-state index in [1.165, 1.54) is 7.11 Å². The molecule has 1 aromatic carbocycles. The molecular weight excluding hydrogens is 274 g/mol. The Kier molecular flexibility index (Phi) is 7.56. The van der Waals surface area contributed by atoms with Crippen molar-refractivity contribution in [2.75, 3.05) is 33.5 Å². The van der Waals surface area contributed by atoms with Crippen LogP contribution in [0.3, 0.4) is 0 Å². The third-order valence-corrected chi connectivity index (χ3v) is 2.73. The summed E-state index contributed by atoms with van der Waals surface area (Å²) in [5.74, 6) is 0.834. The van der Waals surface area contributed by atoms with Crippen LogP contribution in [0.25, 0.3) is 0 Å². The van der Waals surface area contributed by atoms with Gasteiger partial charge in [-0.2, -0.15) is 0 Å². The van der Waals surface area contributed by atoms with Gasteiger partial charge in [0.25, 0.3) is 5.91 Å². The highest BCUT2D eigenvalue weighted by atomic mass is 16.5. The number of nitrogens with one attached hydrogen (secondary N) is 1. The lowest BCUT2D eigenvalue weighted by Gasteiger charge is -2.16. The monoisotopic (exact) mass is 297 g/mol. The molecule has 0 spiro atoms. The maximum Gasteiger partial charge on any atom is 0.251 e. The first-order valence-electron chi connectivity index (χ1n) is 6.96. The van der Waals surface area contributed by atoms with Crippen molar-refractivity contribution in [3.05, 3.63) is 23.8 Å². The molecule has 0 heterocycles. The molecule has 0 fully saturated rings. The number of carbonyl (C=O) groups is 1. The number of hydrogen-bond acceptors (Lipinski definition) is 5. The van der Waals surface area contributed by atoms with Crippen LogP contribution in [-0.4, -0.2) is 50.6 Å². The highest BCUT2D eigenvalue weighted by Gasteiger charge is 2.15. The Hall–Kier alpha value is -1.79. The molecule has 0 aliphatic carbocycles. The van der Waals surface area contributed by atoms with Gasteiger partial charge >= 0.3 is 0 Å². The van der Waals surface area contributed by atoms with E-state index >= 15 is 0 Å². The molecule has 0 bridgehead atoms. The normalized spacial score (nSPS) is 11.8. The van der Waals surface area contributed by atoms with Crippen molar-refractivity contribution in [3.63, 3.8) is 0 Å². The predicted molar refractivity (Wildman–Crippen MR) is 79.0 cm³/mol. The van der Waals surface area contributed by atoms with Crippen LogP contribution in [0.5, 0.6) is 11.5 Å². The van der Waals surface area contributed by atoms with E-state index in [1.54, 1.807) is 18.2 Å². The van der Waals surface area contributed by atoms with Gasteiger partial charge in [0.2, 0.25) is 0 Å². The van der Waals surface area contributed by atoms with Gasteiger partial charge in [-0.15, -0.1) is 0 Å². The Labute approximate surface area is 125 Å². The maximum absolute atomic E-state index is 12.1. The van der Waals surface area contributed by atoms with Crippen LogP contribution in [0.2, 0.25) is 0 Å². The second-order valence-electron chi connectivity index (χ2n) is 4.34. The number of rotatable bonds is 9. The number of amides is 1. The molecule has 2 N–H and O–H groups in total. The van der Waals surface area contributed by atoms with Gasteiger partial charge in [-0.1, -0.05) is 0 Å². The molecule has 1 aromatic rings. The van der Waals surface area contributed by atoms with Crippen molar-refractivity contribution in [1.29, 1.82) is 0 Å². The fourth-order valence-electron chi connectivity index (χ4n) is 1.80. The van der Waals surface area contributed by atoms with Crippen molar-refractivity contribution in [2.45, 2.75) is 19.9 Å². The topological polar surface area (TPSA) is 77.0 Å². The minimum absolute atomic E-state index is 0.186. The molecule has 0 aliphatic rings. The molecule has 1 amide bonds. The average Bonchev–Trinajstić information content (AvgIpc) is 2.48. The number of benzene rings is 1. The first kappa shape index (κ1) is 17.3. The summed E-state index contributed by atoms with van der Waals surface area (Å²) in [6, 6.07) is 4.55. The van der Waals surface area contributed by atoms with Crippen molar-refractivity contribution in [3.8, 4) is 11.5 Å². The van der Waals surface area contributed by atoms with Crippen molar-refractivity contribution < 1.29 is 24.1 Å². The van der Waals surface area contributed by atoms with E-state index in [-0.39, 0.29) is 19.1 Å². The van der Waals surface area contributed by atoms with E-state index < -0.39 is 6.04 Å². The lowest BCUT2D eigenvalue weighted by Crippen LogP contribution is -2.40. The molecule has 118 valence electrons. The van der Waals surface area contributed by atoms with E-state index in [2.05, 4.69) is 5.32 Å². The molecular formula is C15H23NO5. The largest absolute Gasteiger partial charge is 0.490 e. The zero-order chi connectivity index (χ0) is 15.7. The predicted octanol–water partition coefficient (Wildman–Crippen LogP) is 1.22. The smallest absolute Gasteiger partial charge is 0.251 e. The number of hydrogen-bond donors (Lipinski definition) is 2. The highest BCUT2D eigenvalue weighted by molar-refractivity contribution is 5.95. The van der Waals surface area contributed by atoms with E-state index in [0.29, 0.717) is 30.3 Å². The summed E-state index contributed by atoms with van der Waals surface area (Å²) >= 11 is 0. The molecule has 0 aromatic heterocycles. The second-order valence-corrected chi connectivity index (χ2v) is 4.34. The molecule has 0 saturated carbocycles. The standard InChI is InChI=1S/C15H23NO5/c1-4-20-13-7-6-11(8-14(13)21-5-2)15(18)16-12(9-17)10-19-3/h6-8,12,17H,4-5,9-10H2,1-3H3,(H,16,18). The lowest BCUT2D eigenvalue weighted by molar-refractivity contribution is 0.0839. The number of carbonyl (C=O) groups excluding carboxylic acids is 1. The van der Waals surface area contributed by atoms with E-state index in [4.69, 9.17) is 19.3 Å². The summed E-state index contributed by atoms with van der Waals surface area (Å²) in [7, 11) is 1.51. The van der Waals surface area contributed by atoms with Crippen LogP contribution < -0.4 is 14.8 Å². The maximum atomic E-state index is 12.1. The SMILES string of the molecule is CCOc1ccc(C(=O)NC(CO)COC)cc1OCC. The van der Waals surface area contributed by atoms with Gasteiger partial charge in [0.1, 0.15) is 0 Å². The Morgan fingerprint density at radius 3 is 2.48 bits per heavy atom. The minimum Gasteiger partial charge on any atom is -0.490 e. The molecule has 0 radical (unpaired) electrons. The van der Waals surface area contributed by atoms with Gasteiger partial charge in [-0.25, -0.2) is 0 Å². The van der Waals surface area contributed by atoms with Crippen LogP contribution in [-0.2, 0) is 4.74 Å². The molecule has 1 atom stereocenters. The summed E-state index contributed by atoms with van der Waals surface area (Å²) in [4.78, 5) is 12.1. The number of aliphatic hydroxyl groups excluding tert-OH is 1. The zero-order valence-corrected chi connectivity index (χ0v) is 12.7. The van der Waals surface area contributed by atoms with Gasteiger partial charge in [-0.05, 0) is 32.0 Å². The Morgan fingerprint density at radius 1 is 1.24 bits per heavy atom. The van der Waals surface area contributed by atoms with Crippen LogP contribution in [0.1, 0.15) is 24.2 Å². The first-order chi connectivity index (χ1) is 10.2. The van der Waals surface area contributed by atoms with Crippen LogP contribution in [0.4, 0.5) is 0 Å². The summed E-state index contributed by atoms with van der Waals surface area (Å²) < 4.78 is 15.9. The third-order valence-electron chi connectivity index (χ3n) is 2.73. The minimum atomic E-state index is -0.440. The van der Waals surface area contributed by atoms with E-state index in [0.717, 1.165) is 0 Å². The number of methoxy groups -OCH3 is 1. The molecule has 0 saturated heterocycles. The van der Waals surface area contributed by atoms with Crippen molar-refractivity contribution in [2.24, 2.45) is 0 Å². The third kappa shape index (κ3) is 5.24. The van der Waals surface area contributed by atoms with Crippen LogP contribution in [0.15, 0.2) is 18.2 Å². The zero-order valence-electron chi connectivity index (χ0n) is 12.7. The summed E-state index contributed by atoms with van der Waals surface area (Å²) in [5, 5.41) is 11.9. The van der Waals surface area contributed by atoms with Gasteiger partial charge < -0.3 is 24.6 Å². The van der Waals surface area contributed by atoms with Crippen LogP contribution >= 0.6 is 0 Å². The molecule has 6 heteroatoms. The molecule has 1 unspecified atom stereocenters. The average molecular weight is 297 g/mol.